The summed E-state index contributed by atoms with van der Waals surface area (Å²) in [5, 5.41) is 0. The van der Waals surface area contributed by atoms with Gasteiger partial charge in [0.25, 0.3) is 0 Å². The lowest BCUT2D eigenvalue weighted by Crippen LogP contribution is -2.44. The summed E-state index contributed by atoms with van der Waals surface area (Å²) in [5.41, 5.74) is 6.84. The predicted octanol–water partition coefficient (Wildman–Crippen LogP) is 3.26. The molecular formula is C17H23F2N3. The minimum Gasteiger partial charge on any atom is -0.370 e. The third-order valence-corrected chi connectivity index (χ3v) is 4.77. The standard InChI is InChI=1S/C17H23F2N3/c1-11-3-2-4-22(10-11)17(20)21-16-7-13(8-16)12-5-14(18)9-15(19)6-12/h5-6,9,11,13,16H,2-4,7-8,10H2,1H3,(H2,20,21). The van der Waals surface area contributed by atoms with Gasteiger partial charge in [0.05, 0.1) is 6.04 Å². The van der Waals surface area contributed by atoms with E-state index in [0.717, 1.165) is 44.0 Å². The van der Waals surface area contributed by atoms with E-state index in [0.29, 0.717) is 11.9 Å². The highest BCUT2D eigenvalue weighted by Crippen LogP contribution is 2.39. The molecule has 3 rings (SSSR count). The number of nitrogens with zero attached hydrogens (tertiary/aromatic N) is 2. The van der Waals surface area contributed by atoms with Crippen LogP contribution in [-0.4, -0.2) is 30.0 Å². The molecule has 120 valence electrons. The van der Waals surface area contributed by atoms with Crippen molar-refractivity contribution in [2.75, 3.05) is 13.1 Å². The van der Waals surface area contributed by atoms with E-state index in [1.807, 2.05) is 0 Å². The largest absolute Gasteiger partial charge is 0.370 e. The number of likely N-dealkylation sites (tertiary alicyclic amines) is 1. The first-order valence-corrected chi connectivity index (χ1v) is 8.05. The maximum Gasteiger partial charge on any atom is 0.191 e. The molecule has 2 aliphatic rings. The van der Waals surface area contributed by atoms with Crippen LogP contribution in [0.3, 0.4) is 0 Å². The third-order valence-electron chi connectivity index (χ3n) is 4.77. The summed E-state index contributed by atoms with van der Waals surface area (Å²) >= 11 is 0. The molecule has 22 heavy (non-hydrogen) atoms. The van der Waals surface area contributed by atoms with Crippen molar-refractivity contribution in [3.63, 3.8) is 0 Å². The van der Waals surface area contributed by atoms with Gasteiger partial charge >= 0.3 is 0 Å². The Hall–Kier alpha value is -1.65. The number of hydrogen-bond acceptors (Lipinski definition) is 1. The van der Waals surface area contributed by atoms with Crippen molar-refractivity contribution in [2.24, 2.45) is 16.6 Å². The number of rotatable bonds is 2. The van der Waals surface area contributed by atoms with Crippen LogP contribution in [0.1, 0.15) is 44.1 Å². The molecule has 5 heteroatoms. The normalized spacial score (nSPS) is 29.3. The van der Waals surface area contributed by atoms with Gasteiger partial charge in [-0.25, -0.2) is 13.8 Å². The van der Waals surface area contributed by atoms with Crippen molar-refractivity contribution in [3.8, 4) is 0 Å². The number of nitrogens with two attached hydrogens (primary N) is 1. The maximum absolute atomic E-state index is 13.2. The molecule has 1 atom stereocenters. The summed E-state index contributed by atoms with van der Waals surface area (Å²) in [5.74, 6) is 0.451. The van der Waals surface area contributed by atoms with Crippen LogP contribution >= 0.6 is 0 Å². The molecule has 1 unspecified atom stereocenters. The van der Waals surface area contributed by atoms with Crippen LogP contribution in [0.25, 0.3) is 0 Å². The molecule has 0 bridgehead atoms. The fourth-order valence-corrected chi connectivity index (χ4v) is 3.44. The van der Waals surface area contributed by atoms with E-state index in [1.165, 1.54) is 18.6 Å². The molecule has 1 aliphatic heterocycles. The lowest BCUT2D eigenvalue weighted by atomic mass is 9.76. The molecule has 3 nitrogen and oxygen atoms in total. The molecule has 2 N–H and O–H groups in total. The number of aliphatic imine (C=N–C) groups is 1. The van der Waals surface area contributed by atoms with Gasteiger partial charge < -0.3 is 10.6 Å². The number of hydrogen-bond donors (Lipinski definition) is 1. The summed E-state index contributed by atoms with van der Waals surface area (Å²) in [6, 6.07) is 3.92. The Morgan fingerprint density at radius 3 is 2.55 bits per heavy atom. The Morgan fingerprint density at radius 1 is 1.23 bits per heavy atom. The van der Waals surface area contributed by atoms with Crippen molar-refractivity contribution in [2.45, 2.75) is 44.6 Å². The summed E-state index contributed by atoms with van der Waals surface area (Å²) in [6.07, 6.45) is 4.04. The second-order valence-electron chi connectivity index (χ2n) is 6.71. The first kappa shape index (κ1) is 15.3. The van der Waals surface area contributed by atoms with E-state index in [9.17, 15) is 8.78 Å². The van der Waals surface area contributed by atoms with E-state index in [2.05, 4.69) is 16.8 Å². The zero-order chi connectivity index (χ0) is 15.7. The number of piperidine rings is 1. The van der Waals surface area contributed by atoms with Crippen molar-refractivity contribution >= 4 is 5.96 Å². The van der Waals surface area contributed by atoms with Crippen LogP contribution in [0.2, 0.25) is 0 Å². The van der Waals surface area contributed by atoms with E-state index >= 15 is 0 Å². The van der Waals surface area contributed by atoms with Crippen LogP contribution in [0.15, 0.2) is 23.2 Å². The Morgan fingerprint density at radius 2 is 1.91 bits per heavy atom. The molecule has 0 amide bonds. The summed E-state index contributed by atoms with van der Waals surface area (Å²) in [7, 11) is 0. The second-order valence-corrected chi connectivity index (χ2v) is 6.71. The van der Waals surface area contributed by atoms with E-state index < -0.39 is 11.6 Å². The lowest BCUT2D eigenvalue weighted by molar-refractivity contribution is 0.265. The first-order chi connectivity index (χ1) is 10.5. The predicted molar refractivity (Wildman–Crippen MR) is 83.7 cm³/mol. The van der Waals surface area contributed by atoms with Gasteiger partial charge in [-0.2, -0.15) is 0 Å². The van der Waals surface area contributed by atoms with Crippen molar-refractivity contribution in [3.05, 3.63) is 35.4 Å². The molecular weight excluding hydrogens is 284 g/mol. The molecule has 1 saturated heterocycles. The molecule has 1 saturated carbocycles. The van der Waals surface area contributed by atoms with Crippen LogP contribution in [0.5, 0.6) is 0 Å². The van der Waals surface area contributed by atoms with Crippen molar-refractivity contribution < 1.29 is 8.78 Å². The van der Waals surface area contributed by atoms with E-state index in [4.69, 9.17) is 5.73 Å². The molecule has 1 heterocycles. The molecule has 0 spiro atoms. The molecule has 1 aliphatic carbocycles. The highest BCUT2D eigenvalue weighted by atomic mass is 19.1. The summed E-state index contributed by atoms with van der Waals surface area (Å²) in [6.45, 7) is 4.18. The fourth-order valence-electron chi connectivity index (χ4n) is 3.44. The monoisotopic (exact) mass is 307 g/mol. The van der Waals surface area contributed by atoms with Crippen LogP contribution < -0.4 is 5.73 Å². The first-order valence-electron chi connectivity index (χ1n) is 8.05. The Bertz CT molecular complexity index is 547. The number of guanidine groups is 1. The van der Waals surface area contributed by atoms with Gasteiger partial charge in [-0.3, -0.25) is 0 Å². The summed E-state index contributed by atoms with van der Waals surface area (Å²) < 4.78 is 26.5. The molecule has 0 radical (unpaired) electrons. The number of benzene rings is 1. The quantitative estimate of drug-likeness (QED) is 0.673. The molecule has 0 aromatic heterocycles. The Balaban J connectivity index is 1.57. The van der Waals surface area contributed by atoms with Crippen LogP contribution in [0, 0.1) is 17.6 Å². The smallest absolute Gasteiger partial charge is 0.191 e. The third kappa shape index (κ3) is 3.39. The lowest BCUT2D eigenvalue weighted by Gasteiger charge is -2.36. The average Bonchev–Trinajstić information content (AvgIpc) is 2.41. The van der Waals surface area contributed by atoms with E-state index in [1.54, 1.807) is 0 Å². The van der Waals surface area contributed by atoms with Gasteiger partial charge in [0.2, 0.25) is 0 Å². The van der Waals surface area contributed by atoms with Gasteiger partial charge in [0, 0.05) is 19.2 Å². The zero-order valence-corrected chi connectivity index (χ0v) is 12.9. The van der Waals surface area contributed by atoms with Crippen molar-refractivity contribution in [1.29, 1.82) is 0 Å². The zero-order valence-electron chi connectivity index (χ0n) is 12.9. The molecule has 1 aromatic rings. The SMILES string of the molecule is CC1CCCN(C(N)=NC2CC(c3cc(F)cc(F)c3)C2)C1. The van der Waals surface area contributed by atoms with Crippen LogP contribution in [-0.2, 0) is 0 Å². The van der Waals surface area contributed by atoms with Gasteiger partial charge in [-0.15, -0.1) is 0 Å². The van der Waals surface area contributed by atoms with Gasteiger partial charge in [0.15, 0.2) is 5.96 Å². The Labute approximate surface area is 130 Å². The minimum absolute atomic E-state index is 0.175. The Kier molecular flexibility index (Phi) is 4.32. The van der Waals surface area contributed by atoms with Gasteiger partial charge in [-0.05, 0) is 55.2 Å². The van der Waals surface area contributed by atoms with Gasteiger partial charge in [-0.1, -0.05) is 6.92 Å². The highest BCUT2D eigenvalue weighted by molar-refractivity contribution is 5.78. The molecule has 2 fully saturated rings. The topological polar surface area (TPSA) is 41.6 Å². The summed E-state index contributed by atoms with van der Waals surface area (Å²) in [4.78, 5) is 6.75. The van der Waals surface area contributed by atoms with Crippen molar-refractivity contribution in [1.82, 2.24) is 4.90 Å². The fraction of sp³-hybridized carbons (Fsp3) is 0.588. The highest BCUT2D eigenvalue weighted by Gasteiger charge is 2.31. The minimum atomic E-state index is -0.510. The molecule has 1 aromatic carbocycles. The van der Waals surface area contributed by atoms with Crippen LogP contribution in [0.4, 0.5) is 8.78 Å². The average molecular weight is 307 g/mol. The maximum atomic E-state index is 13.2. The van der Waals surface area contributed by atoms with Gasteiger partial charge in [0.1, 0.15) is 11.6 Å². The van der Waals surface area contributed by atoms with E-state index in [-0.39, 0.29) is 12.0 Å². The second kappa shape index (κ2) is 6.23. The number of halogens is 2.